The van der Waals surface area contributed by atoms with Gasteiger partial charge in [-0.05, 0) is 37.3 Å². The van der Waals surface area contributed by atoms with Crippen LogP contribution in [0.4, 0.5) is 0 Å². The van der Waals surface area contributed by atoms with E-state index in [0.717, 1.165) is 9.15 Å². The second-order valence-corrected chi connectivity index (χ2v) is 6.72. The molecule has 2 aromatic carbocycles. The number of H-pyrrole nitrogens is 1. The van der Waals surface area contributed by atoms with Gasteiger partial charge in [0.1, 0.15) is 5.75 Å². The molecule has 144 valence electrons. The first kappa shape index (κ1) is 19.6. The van der Waals surface area contributed by atoms with Gasteiger partial charge in [0.05, 0.1) is 24.2 Å². The highest BCUT2D eigenvalue weighted by Crippen LogP contribution is 2.23. The van der Waals surface area contributed by atoms with Crippen molar-refractivity contribution in [1.29, 1.82) is 0 Å². The lowest BCUT2D eigenvalue weighted by atomic mass is 10.2. The first-order valence-electron chi connectivity index (χ1n) is 8.23. The van der Waals surface area contributed by atoms with Gasteiger partial charge >= 0.3 is 11.7 Å². The molecule has 9 heteroatoms. The maximum absolute atomic E-state index is 12.6. The summed E-state index contributed by atoms with van der Waals surface area (Å²) in [5.41, 5.74) is -0.316. The predicted octanol–water partition coefficient (Wildman–Crippen LogP) is 2.27. The van der Waals surface area contributed by atoms with Gasteiger partial charge in [-0.1, -0.05) is 28.1 Å². The van der Waals surface area contributed by atoms with Crippen LogP contribution in [0.25, 0.3) is 10.9 Å². The van der Waals surface area contributed by atoms with Crippen LogP contribution < -0.4 is 16.0 Å². The van der Waals surface area contributed by atoms with Crippen molar-refractivity contribution in [2.75, 3.05) is 7.11 Å². The van der Waals surface area contributed by atoms with E-state index >= 15 is 0 Å². The molecule has 1 heterocycles. The Hall–Kier alpha value is -3.20. The van der Waals surface area contributed by atoms with E-state index in [1.807, 2.05) is 0 Å². The fourth-order valence-corrected chi connectivity index (χ4v) is 2.89. The number of aromatic amines is 1. The molecule has 0 saturated heterocycles. The minimum atomic E-state index is -0.842. The summed E-state index contributed by atoms with van der Waals surface area (Å²) < 4.78 is 11.7. The lowest BCUT2D eigenvalue weighted by Crippen LogP contribution is -2.32. The Bertz CT molecular complexity index is 1180. The number of carbonyl (C=O) groups is 1. The minimum Gasteiger partial charge on any atom is -0.478 e. The molecule has 8 nitrogen and oxygen atoms in total. The summed E-state index contributed by atoms with van der Waals surface area (Å²) in [5.74, 6) is -0.192. The van der Waals surface area contributed by atoms with Crippen LogP contribution in [0, 0.1) is 0 Å². The summed E-state index contributed by atoms with van der Waals surface area (Å²) in [6.45, 7) is 1.55. The molecule has 1 N–H and O–H groups in total. The number of methoxy groups -OCH3 is 1. The molecular formula is C19H16BrN3O5. The molecule has 0 aliphatic rings. The Kier molecular flexibility index (Phi) is 5.74. The van der Waals surface area contributed by atoms with Crippen LogP contribution in [0.15, 0.2) is 61.6 Å². The van der Waals surface area contributed by atoms with Gasteiger partial charge in [-0.25, -0.2) is 9.59 Å². The summed E-state index contributed by atoms with van der Waals surface area (Å²) in [6.07, 6.45) is 0.473. The smallest absolute Gasteiger partial charge is 0.349 e. The van der Waals surface area contributed by atoms with Crippen molar-refractivity contribution < 1.29 is 14.3 Å². The molecule has 3 rings (SSSR count). The Balaban J connectivity index is 2.02. The third-order valence-corrected chi connectivity index (χ3v) is 4.40. The van der Waals surface area contributed by atoms with Crippen LogP contribution >= 0.6 is 15.9 Å². The first-order chi connectivity index (χ1) is 13.4. The van der Waals surface area contributed by atoms with Crippen molar-refractivity contribution >= 4 is 39.0 Å². The van der Waals surface area contributed by atoms with Gasteiger partial charge in [0.2, 0.25) is 0 Å². The van der Waals surface area contributed by atoms with Crippen LogP contribution in [-0.4, -0.2) is 35.1 Å². The summed E-state index contributed by atoms with van der Waals surface area (Å²) in [7, 11) is 1.27. The highest BCUT2D eigenvalue weighted by atomic mass is 79.9. The largest absolute Gasteiger partial charge is 0.478 e. The van der Waals surface area contributed by atoms with Gasteiger partial charge in [-0.3, -0.25) is 4.79 Å². The third-order valence-electron chi connectivity index (χ3n) is 3.90. The van der Waals surface area contributed by atoms with E-state index in [4.69, 9.17) is 4.74 Å². The number of hydrogen-bond acceptors (Lipinski definition) is 6. The zero-order valence-corrected chi connectivity index (χ0v) is 16.6. The van der Waals surface area contributed by atoms with E-state index in [-0.39, 0.29) is 0 Å². The fraction of sp³-hybridized carbons (Fsp3) is 0.158. The number of halogens is 1. The Morgan fingerprint density at radius 3 is 2.75 bits per heavy atom. The molecule has 0 aliphatic carbocycles. The molecule has 0 radical (unpaired) electrons. The molecule has 3 aromatic rings. The number of para-hydroxylation sites is 1. The van der Waals surface area contributed by atoms with Crippen molar-refractivity contribution in [2.45, 2.75) is 13.0 Å². The summed E-state index contributed by atoms with van der Waals surface area (Å²) in [4.78, 5) is 39.0. The van der Waals surface area contributed by atoms with E-state index in [9.17, 15) is 14.4 Å². The molecule has 0 unspecified atom stereocenters. The SMILES string of the molecule is COC(=O)[C@@H](C)Oc1ccc(Br)cc1C=Nn1c(=O)[nH]c2ccccc2c1=O. The Labute approximate surface area is 167 Å². The quantitative estimate of drug-likeness (QED) is 0.479. The zero-order chi connectivity index (χ0) is 20.3. The van der Waals surface area contributed by atoms with Crippen LogP contribution in [0.2, 0.25) is 0 Å². The standard InChI is InChI=1S/C19H16BrN3O5/c1-11(18(25)27-2)28-16-8-7-13(20)9-12(16)10-21-23-17(24)14-5-3-4-6-15(14)22-19(23)26/h3-11H,1-2H3,(H,22,26)/t11-/m1/s1. The lowest BCUT2D eigenvalue weighted by Gasteiger charge is -2.14. The highest BCUT2D eigenvalue weighted by Gasteiger charge is 2.16. The van der Waals surface area contributed by atoms with Crippen molar-refractivity contribution in [3.63, 3.8) is 0 Å². The van der Waals surface area contributed by atoms with Crippen LogP contribution in [0.5, 0.6) is 5.75 Å². The number of ether oxygens (including phenoxy) is 2. The summed E-state index contributed by atoms with van der Waals surface area (Å²) in [6, 6.07) is 11.7. The molecule has 0 aliphatic heterocycles. The number of carbonyl (C=O) groups excluding carboxylic acids is 1. The second kappa shape index (κ2) is 8.22. The maximum Gasteiger partial charge on any atom is 0.349 e. The van der Waals surface area contributed by atoms with Crippen molar-refractivity contribution in [1.82, 2.24) is 9.66 Å². The molecule has 28 heavy (non-hydrogen) atoms. The number of rotatable bonds is 5. The molecule has 0 bridgehead atoms. The maximum atomic E-state index is 12.6. The second-order valence-electron chi connectivity index (χ2n) is 5.80. The molecule has 0 spiro atoms. The van der Waals surface area contributed by atoms with Gasteiger partial charge in [-0.2, -0.15) is 5.10 Å². The zero-order valence-electron chi connectivity index (χ0n) is 15.0. The van der Waals surface area contributed by atoms with Gasteiger partial charge in [-0.15, -0.1) is 4.68 Å². The molecule has 0 saturated carbocycles. The monoisotopic (exact) mass is 445 g/mol. The third kappa shape index (κ3) is 4.04. The number of benzene rings is 2. The van der Waals surface area contributed by atoms with Gasteiger partial charge in [0, 0.05) is 10.0 Å². The summed E-state index contributed by atoms with van der Waals surface area (Å²) >= 11 is 3.35. The number of esters is 1. The Morgan fingerprint density at radius 1 is 1.25 bits per heavy atom. The lowest BCUT2D eigenvalue weighted by molar-refractivity contribution is -0.147. The first-order valence-corrected chi connectivity index (χ1v) is 9.02. The fourth-order valence-electron chi connectivity index (χ4n) is 2.51. The molecular weight excluding hydrogens is 430 g/mol. The average molecular weight is 446 g/mol. The van der Waals surface area contributed by atoms with Crippen LogP contribution in [0.3, 0.4) is 0 Å². The van der Waals surface area contributed by atoms with Gasteiger partial charge in [0.15, 0.2) is 6.10 Å². The van der Waals surface area contributed by atoms with Crippen LogP contribution in [-0.2, 0) is 9.53 Å². The number of nitrogens with one attached hydrogen (secondary N) is 1. The minimum absolute atomic E-state index is 0.337. The number of nitrogens with zero attached hydrogens (tertiary/aromatic N) is 2. The normalized spacial score (nSPS) is 12.2. The van der Waals surface area contributed by atoms with E-state index in [1.54, 1.807) is 49.4 Å². The highest BCUT2D eigenvalue weighted by molar-refractivity contribution is 9.10. The topological polar surface area (TPSA) is 103 Å². The van der Waals surface area contributed by atoms with E-state index in [2.05, 4.69) is 30.8 Å². The van der Waals surface area contributed by atoms with Gasteiger partial charge in [0.25, 0.3) is 5.56 Å². The van der Waals surface area contributed by atoms with Crippen LogP contribution in [0.1, 0.15) is 12.5 Å². The predicted molar refractivity (Wildman–Crippen MR) is 108 cm³/mol. The summed E-state index contributed by atoms with van der Waals surface area (Å²) in [5, 5.41) is 4.36. The van der Waals surface area contributed by atoms with Crippen molar-refractivity contribution in [3.8, 4) is 5.75 Å². The molecule has 1 atom stereocenters. The molecule has 0 fully saturated rings. The number of fused-ring (bicyclic) bond motifs is 1. The van der Waals surface area contributed by atoms with Crippen molar-refractivity contribution in [3.05, 3.63) is 73.3 Å². The van der Waals surface area contributed by atoms with Crippen molar-refractivity contribution in [2.24, 2.45) is 5.10 Å². The van der Waals surface area contributed by atoms with E-state index < -0.39 is 23.3 Å². The molecule has 1 aromatic heterocycles. The van der Waals surface area contributed by atoms with E-state index in [0.29, 0.717) is 22.2 Å². The Morgan fingerprint density at radius 2 is 2.00 bits per heavy atom. The number of aromatic nitrogens is 2. The number of hydrogen-bond donors (Lipinski definition) is 1. The average Bonchev–Trinajstić information content (AvgIpc) is 2.68. The van der Waals surface area contributed by atoms with E-state index in [1.165, 1.54) is 13.3 Å². The van der Waals surface area contributed by atoms with Gasteiger partial charge < -0.3 is 14.5 Å². The molecule has 0 amide bonds.